The molecule has 1 N–H and O–H groups in total. The standard InChI is InChI=1S/C23H41NO7/c1-5-20(4)22(26)29-14-11-9-7-6-8-10-12-15-31-23(27)24-13-16-28-17-18-30-21(25)19(2)3/h20H,2,5-18H2,1,3-4H3,(H,24,27). The third-order valence-electron chi connectivity index (χ3n) is 4.61. The number of carbonyl (C=O) groups is 3. The van der Waals surface area contributed by atoms with E-state index in [0.717, 1.165) is 51.4 Å². The summed E-state index contributed by atoms with van der Waals surface area (Å²) in [4.78, 5) is 34.2. The minimum absolute atomic E-state index is 0.0114. The Bertz CT molecular complexity index is 522. The second-order valence-electron chi connectivity index (χ2n) is 7.54. The van der Waals surface area contributed by atoms with Crippen LogP contribution in [-0.2, 0) is 28.5 Å². The van der Waals surface area contributed by atoms with Crippen molar-refractivity contribution in [2.45, 2.75) is 72.1 Å². The molecule has 0 aliphatic carbocycles. The maximum Gasteiger partial charge on any atom is 0.407 e. The fraction of sp³-hybridized carbons (Fsp3) is 0.783. The third-order valence-corrected chi connectivity index (χ3v) is 4.61. The van der Waals surface area contributed by atoms with Crippen LogP contribution in [0.5, 0.6) is 0 Å². The smallest absolute Gasteiger partial charge is 0.407 e. The summed E-state index contributed by atoms with van der Waals surface area (Å²) in [7, 11) is 0. The minimum Gasteiger partial charge on any atom is -0.465 e. The first-order valence-electron chi connectivity index (χ1n) is 11.4. The maximum absolute atomic E-state index is 11.5. The summed E-state index contributed by atoms with van der Waals surface area (Å²) in [6.45, 7) is 10.9. The lowest BCUT2D eigenvalue weighted by atomic mass is 10.1. The number of esters is 2. The molecule has 0 spiro atoms. The van der Waals surface area contributed by atoms with E-state index in [2.05, 4.69) is 11.9 Å². The van der Waals surface area contributed by atoms with E-state index in [-0.39, 0.29) is 25.1 Å². The Morgan fingerprint density at radius 1 is 0.806 bits per heavy atom. The van der Waals surface area contributed by atoms with Crippen LogP contribution in [0.15, 0.2) is 12.2 Å². The molecule has 0 aliphatic rings. The van der Waals surface area contributed by atoms with E-state index in [4.69, 9.17) is 18.9 Å². The molecule has 0 rings (SSSR count). The number of carbonyl (C=O) groups excluding carboxylic acids is 3. The average Bonchev–Trinajstić information content (AvgIpc) is 2.75. The molecule has 8 heteroatoms. The monoisotopic (exact) mass is 443 g/mol. The van der Waals surface area contributed by atoms with E-state index >= 15 is 0 Å². The molecule has 0 saturated carbocycles. The topological polar surface area (TPSA) is 100 Å². The van der Waals surface area contributed by atoms with Gasteiger partial charge in [0, 0.05) is 12.1 Å². The highest BCUT2D eigenvalue weighted by atomic mass is 16.6. The Morgan fingerprint density at radius 2 is 1.39 bits per heavy atom. The first-order valence-corrected chi connectivity index (χ1v) is 11.4. The van der Waals surface area contributed by atoms with Gasteiger partial charge in [0.1, 0.15) is 6.61 Å². The van der Waals surface area contributed by atoms with Crippen molar-refractivity contribution in [2.24, 2.45) is 5.92 Å². The summed E-state index contributed by atoms with van der Waals surface area (Å²) < 4.78 is 20.4. The van der Waals surface area contributed by atoms with Crippen LogP contribution in [0, 0.1) is 5.92 Å². The molecule has 1 amide bonds. The van der Waals surface area contributed by atoms with E-state index < -0.39 is 12.1 Å². The van der Waals surface area contributed by atoms with Gasteiger partial charge in [0.15, 0.2) is 0 Å². The molecule has 1 unspecified atom stereocenters. The fourth-order valence-electron chi connectivity index (χ4n) is 2.43. The number of hydrogen-bond donors (Lipinski definition) is 1. The van der Waals surface area contributed by atoms with Gasteiger partial charge in [0.2, 0.25) is 0 Å². The van der Waals surface area contributed by atoms with Crippen LogP contribution >= 0.6 is 0 Å². The molecule has 0 aromatic heterocycles. The first-order chi connectivity index (χ1) is 14.9. The molecule has 180 valence electrons. The summed E-state index contributed by atoms with van der Waals surface area (Å²) in [6.07, 6.45) is 7.53. The van der Waals surface area contributed by atoms with E-state index in [0.29, 0.717) is 31.9 Å². The molecule has 0 radical (unpaired) electrons. The van der Waals surface area contributed by atoms with Crippen molar-refractivity contribution < 1.29 is 33.3 Å². The summed E-state index contributed by atoms with van der Waals surface area (Å²) in [5.41, 5.74) is 0.348. The highest BCUT2D eigenvalue weighted by Gasteiger charge is 2.10. The average molecular weight is 444 g/mol. The van der Waals surface area contributed by atoms with Crippen molar-refractivity contribution in [2.75, 3.05) is 39.6 Å². The predicted molar refractivity (Wildman–Crippen MR) is 119 cm³/mol. The van der Waals surface area contributed by atoms with Crippen LogP contribution in [-0.4, -0.2) is 57.6 Å². The molecule has 0 heterocycles. The van der Waals surface area contributed by atoms with Gasteiger partial charge in [0.05, 0.1) is 32.3 Å². The van der Waals surface area contributed by atoms with Crippen molar-refractivity contribution in [3.8, 4) is 0 Å². The van der Waals surface area contributed by atoms with Crippen LogP contribution < -0.4 is 5.32 Å². The molecule has 31 heavy (non-hydrogen) atoms. The first kappa shape index (κ1) is 28.9. The maximum atomic E-state index is 11.5. The van der Waals surface area contributed by atoms with Crippen molar-refractivity contribution in [3.63, 3.8) is 0 Å². The number of nitrogens with one attached hydrogen (secondary N) is 1. The molecular formula is C23H41NO7. The van der Waals surface area contributed by atoms with Gasteiger partial charge in [-0.3, -0.25) is 4.79 Å². The minimum atomic E-state index is -0.454. The molecule has 0 fully saturated rings. The van der Waals surface area contributed by atoms with Gasteiger partial charge < -0.3 is 24.3 Å². The number of ether oxygens (including phenoxy) is 4. The van der Waals surface area contributed by atoms with Crippen LogP contribution in [0.2, 0.25) is 0 Å². The Labute approximate surface area is 187 Å². The highest BCUT2D eigenvalue weighted by Crippen LogP contribution is 2.09. The molecule has 0 aromatic carbocycles. The Balaban J connectivity index is 3.32. The second-order valence-corrected chi connectivity index (χ2v) is 7.54. The molecule has 0 aliphatic heterocycles. The molecule has 0 aromatic rings. The lowest BCUT2D eigenvalue weighted by molar-refractivity contribution is -0.148. The third kappa shape index (κ3) is 18.4. The number of hydrogen-bond acceptors (Lipinski definition) is 7. The van der Waals surface area contributed by atoms with Crippen LogP contribution in [0.4, 0.5) is 4.79 Å². The number of alkyl carbamates (subject to hydrolysis) is 1. The van der Waals surface area contributed by atoms with Crippen molar-refractivity contribution >= 4 is 18.0 Å². The Morgan fingerprint density at radius 3 is 1.97 bits per heavy atom. The van der Waals surface area contributed by atoms with Crippen molar-refractivity contribution in [3.05, 3.63) is 12.2 Å². The van der Waals surface area contributed by atoms with Gasteiger partial charge in [-0.1, -0.05) is 52.5 Å². The zero-order chi connectivity index (χ0) is 23.3. The van der Waals surface area contributed by atoms with Gasteiger partial charge in [0.25, 0.3) is 0 Å². The normalized spacial score (nSPS) is 11.5. The van der Waals surface area contributed by atoms with E-state index in [9.17, 15) is 14.4 Å². The molecular weight excluding hydrogens is 402 g/mol. The van der Waals surface area contributed by atoms with Crippen molar-refractivity contribution in [1.82, 2.24) is 5.32 Å². The van der Waals surface area contributed by atoms with Crippen LogP contribution in [0.3, 0.4) is 0 Å². The molecule has 0 bridgehead atoms. The SMILES string of the molecule is C=C(C)C(=O)OCCOCCNC(=O)OCCCCCCCCCOC(=O)C(C)CC. The number of amides is 1. The Hall–Kier alpha value is -2.09. The second kappa shape index (κ2) is 19.8. The lowest BCUT2D eigenvalue weighted by Gasteiger charge is -2.09. The zero-order valence-corrected chi connectivity index (χ0v) is 19.5. The predicted octanol–water partition coefficient (Wildman–Crippen LogP) is 4.17. The summed E-state index contributed by atoms with van der Waals surface area (Å²) >= 11 is 0. The van der Waals surface area contributed by atoms with Gasteiger partial charge in [-0.25, -0.2) is 9.59 Å². The number of unbranched alkanes of at least 4 members (excludes halogenated alkanes) is 6. The van der Waals surface area contributed by atoms with Crippen LogP contribution in [0.1, 0.15) is 72.1 Å². The van der Waals surface area contributed by atoms with Gasteiger partial charge in [-0.2, -0.15) is 0 Å². The quantitative estimate of drug-likeness (QED) is 0.138. The lowest BCUT2D eigenvalue weighted by Crippen LogP contribution is -2.28. The Kier molecular flexibility index (Phi) is 18.5. The van der Waals surface area contributed by atoms with E-state index in [1.165, 1.54) is 0 Å². The van der Waals surface area contributed by atoms with Gasteiger partial charge in [-0.05, 0) is 26.2 Å². The molecule has 0 saturated heterocycles. The van der Waals surface area contributed by atoms with Gasteiger partial charge in [-0.15, -0.1) is 0 Å². The van der Waals surface area contributed by atoms with Crippen molar-refractivity contribution in [1.29, 1.82) is 0 Å². The van der Waals surface area contributed by atoms with E-state index in [1.807, 2.05) is 13.8 Å². The number of rotatable bonds is 19. The summed E-state index contributed by atoms with van der Waals surface area (Å²) in [5, 5.41) is 2.61. The summed E-state index contributed by atoms with van der Waals surface area (Å²) in [5.74, 6) is -0.548. The summed E-state index contributed by atoms with van der Waals surface area (Å²) in [6, 6.07) is 0. The fourth-order valence-corrected chi connectivity index (χ4v) is 2.43. The zero-order valence-electron chi connectivity index (χ0n) is 19.5. The molecule has 8 nitrogen and oxygen atoms in total. The molecule has 1 atom stereocenters. The van der Waals surface area contributed by atoms with Crippen LogP contribution in [0.25, 0.3) is 0 Å². The largest absolute Gasteiger partial charge is 0.465 e. The van der Waals surface area contributed by atoms with Gasteiger partial charge >= 0.3 is 18.0 Å². The van der Waals surface area contributed by atoms with E-state index in [1.54, 1.807) is 6.92 Å². The highest BCUT2D eigenvalue weighted by molar-refractivity contribution is 5.86.